The zero-order chi connectivity index (χ0) is 21.8. The summed E-state index contributed by atoms with van der Waals surface area (Å²) in [6.45, 7) is 9.16. The van der Waals surface area contributed by atoms with Gasteiger partial charge in [-0.25, -0.2) is 0 Å². The van der Waals surface area contributed by atoms with E-state index in [4.69, 9.17) is 0 Å². The van der Waals surface area contributed by atoms with Crippen molar-refractivity contribution >= 4 is 11.6 Å². The van der Waals surface area contributed by atoms with Gasteiger partial charge in [-0.1, -0.05) is 48.5 Å². The molecule has 1 aliphatic heterocycles. The summed E-state index contributed by atoms with van der Waals surface area (Å²) in [4.78, 5) is 17.8. The number of hydrogen-bond acceptors (Lipinski definition) is 4. The zero-order valence-electron chi connectivity index (χ0n) is 18.6. The van der Waals surface area contributed by atoms with Crippen LogP contribution in [0, 0.1) is 13.8 Å². The summed E-state index contributed by atoms with van der Waals surface area (Å²) >= 11 is 0. The summed E-state index contributed by atoms with van der Waals surface area (Å²) in [5.41, 5.74) is 5.86. The lowest BCUT2D eigenvalue weighted by molar-refractivity contribution is 0.0949. The third-order valence-electron chi connectivity index (χ3n) is 6.06. The van der Waals surface area contributed by atoms with Crippen LogP contribution in [-0.2, 0) is 13.1 Å². The first-order chi connectivity index (χ1) is 15.0. The summed E-state index contributed by atoms with van der Waals surface area (Å²) < 4.78 is 1.91. The number of para-hydroxylation sites is 1. The van der Waals surface area contributed by atoms with Crippen molar-refractivity contribution in [3.63, 3.8) is 0 Å². The molecule has 1 amide bonds. The molecule has 0 bridgehead atoms. The Morgan fingerprint density at radius 1 is 0.968 bits per heavy atom. The molecule has 0 aliphatic carbocycles. The van der Waals surface area contributed by atoms with Crippen molar-refractivity contribution in [2.45, 2.75) is 26.9 Å². The van der Waals surface area contributed by atoms with Gasteiger partial charge in [-0.3, -0.25) is 9.48 Å². The second-order valence-electron chi connectivity index (χ2n) is 8.29. The number of nitrogens with one attached hydrogen (secondary N) is 1. The molecule has 1 saturated heterocycles. The molecule has 6 heteroatoms. The number of amides is 1. The van der Waals surface area contributed by atoms with Crippen molar-refractivity contribution in [2.75, 3.05) is 38.1 Å². The second kappa shape index (κ2) is 9.35. The highest BCUT2D eigenvalue weighted by Crippen LogP contribution is 2.22. The fraction of sp³-hybridized carbons (Fsp3) is 0.360. The lowest BCUT2D eigenvalue weighted by Crippen LogP contribution is -2.45. The second-order valence-corrected chi connectivity index (χ2v) is 8.29. The minimum absolute atomic E-state index is 0.0671. The first-order valence-electron chi connectivity index (χ1n) is 10.9. The molecule has 4 rings (SSSR count). The summed E-state index contributed by atoms with van der Waals surface area (Å²) in [6.07, 6.45) is 0. The van der Waals surface area contributed by atoms with Crippen molar-refractivity contribution in [2.24, 2.45) is 0 Å². The maximum atomic E-state index is 13.1. The van der Waals surface area contributed by atoms with E-state index in [0.29, 0.717) is 18.7 Å². The van der Waals surface area contributed by atoms with Crippen LogP contribution in [0.5, 0.6) is 0 Å². The average Bonchev–Trinajstić information content (AvgIpc) is 3.06. The Balaban J connectivity index is 1.46. The molecule has 3 aromatic rings. The summed E-state index contributed by atoms with van der Waals surface area (Å²) in [5, 5.41) is 7.76. The number of hydrogen-bond donors (Lipinski definition) is 1. The molecule has 2 heterocycles. The lowest BCUT2D eigenvalue weighted by Gasteiger charge is -2.35. The number of nitrogens with zero attached hydrogens (tertiary/aromatic N) is 4. The Morgan fingerprint density at radius 2 is 1.65 bits per heavy atom. The van der Waals surface area contributed by atoms with Gasteiger partial charge >= 0.3 is 0 Å². The molecular formula is C25H31N5O. The topological polar surface area (TPSA) is 53.4 Å². The smallest absolute Gasteiger partial charge is 0.255 e. The molecule has 1 aromatic heterocycles. The Kier molecular flexibility index (Phi) is 6.37. The lowest BCUT2D eigenvalue weighted by atomic mass is 10.1. The van der Waals surface area contributed by atoms with Gasteiger partial charge in [-0.2, -0.15) is 5.10 Å². The number of likely N-dealkylation sites (N-methyl/N-ethyl adjacent to an activating group) is 1. The van der Waals surface area contributed by atoms with Crippen LogP contribution in [0.1, 0.15) is 32.9 Å². The number of benzene rings is 2. The highest BCUT2D eigenvalue weighted by Gasteiger charge is 2.20. The number of aryl methyl sites for hydroxylation is 1. The Labute approximate surface area is 184 Å². The highest BCUT2D eigenvalue weighted by atomic mass is 16.1. The standard InChI is InChI=1S/C25H31N5O/c1-19-24(20(2)30(27-19)18-21-9-5-4-6-10-21)25(31)26-17-22-11-7-8-12-23(22)29-15-13-28(3)14-16-29/h4-12H,13-18H2,1-3H3,(H,26,31). The van der Waals surface area contributed by atoms with E-state index in [1.54, 1.807) is 0 Å². The van der Waals surface area contributed by atoms with Crippen molar-refractivity contribution in [1.82, 2.24) is 20.0 Å². The van der Waals surface area contributed by atoms with Crippen LogP contribution >= 0.6 is 0 Å². The van der Waals surface area contributed by atoms with Crippen LogP contribution < -0.4 is 10.2 Å². The molecule has 0 radical (unpaired) electrons. The highest BCUT2D eigenvalue weighted by molar-refractivity contribution is 5.96. The van der Waals surface area contributed by atoms with Crippen LogP contribution in [0.15, 0.2) is 54.6 Å². The fourth-order valence-electron chi connectivity index (χ4n) is 4.22. The normalized spacial score (nSPS) is 14.6. The first-order valence-corrected chi connectivity index (χ1v) is 10.9. The maximum Gasteiger partial charge on any atom is 0.255 e. The Bertz CT molecular complexity index is 1040. The van der Waals surface area contributed by atoms with E-state index in [9.17, 15) is 4.79 Å². The number of carbonyl (C=O) groups excluding carboxylic acids is 1. The molecule has 0 unspecified atom stereocenters. The SMILES string of the molecule is Cc1nn(Cc2ccccc2)c(C)c1C(=O)NCc1ccccc1N1CCN(C)CC1. The van der Waals surface area contributed by atoms with E-state index in [2.05, 4.69) is 57.6 Å². The summed E-state index contributed by atoms with van der Waals surface area (Å²) in [7, 11) is 2.16. The van der Waals surface area contributed by atoms with E-state index >= 15 is 0 Å². The summed E-state index contributed by atoms with van der Waals surface area (Å²) in [5.74, 6) is -0.0671. The largest absolute Gasteiger partial charge is 0.369 e. The minimum atomic E-state index is -0.0671. The first kappa shape index (κ1) is 21.1. The van der Waals surface area contributed by atoms with E-state index in [0.717, 1.165) is 43.1 Å². The van der Waals surface area contributed by atoms with Crippen molar-refractivity contribution in [3.8, 4) is 0 Å². The van der Waals surface area contributed by atoms with Crippen LogP contribution in [0.4, 0.5) is 5.69 Å². The monoisotopic (exact) mass is 417 g/mol. The quantitative estimate of drug-likeness (QED) is 0.669. The fourth-order valence-corrected chi connectivity index (χ4v) is 4.22. The zero-order valence-corrected chi connectivity index (χ0v) is 18.6. The number of piperazine rings is 1. The van der Waals surface area contributed by atoms with Gasteiger partial charge in [0.15, 0.2) is 0 Å². The molecule has 1 aliphatic rings. The van der Waals surface area contributed by atoms with E-state index in [-0.39, 0.29) is 5.91 Å². The van der Waals surface area contributed by atoms with Gasteiger partial charge in [0.05, 0.1) is 17.8 Å². The van der Waals surface area contributed by atoms with Gasteiger partial charge < -0.3 is 15.1 Å². The van der Waals surface area contributed by atoms with Crippen LogP contribution in [0.2, 0.25) is 0 Å². The van der Waals surface area contributed by atoms with Crippen molar-refractivity contribution in [3.05, 3.63) is 82.7 Å². The van der Waals surface area contributed by atoms with Gasteiger partial charge in [-0.05, 0) is 38.1 Å². The number of aromatic nitrogens is 2. The summed E-state index contributed by atoms with van der Waals surface area (Å²) in [6, 6.07) is 18.6. The third kappa shape index (κ3) is 4.80. The van der Waals surface area contributed by atoms with Crippen LogP contribution in [0.25, 0.3) is 0 Å². The molecule has 6 nitrogen and oxygen atoms in total. The molecule has 0 spiro atoms. The molecule has 1 N–H and O–H groups in total. The van der Waals surface area contributed by atoms with Gasteiger partial charge in [-0.15, -0.1) is 0 Å². The molecule has 2 aromatic carbocycles. The van der Waals surface area contributed by atoms with Crippen molar-refractivity contribution in [1.29, 1.82) is 0 Å². The molecule has 0 saturated carbocycles. The minimum Gasteiger partial charge on any atom is -0.369 e. The molecule has 0 atom stereocenters. The average molecular weight is 418 g/mol. The van der Waals surface area contributed by atoms with E-state index < -0.39 is 0 Å². The van der Waals surface area contributed by atoms with Crippen LogP contribution in [0.3, 0.4) is 0 Å². The van der Waals surface area contributed by atoms with Crippen LogP contribution in [-0.4, -0.2) is 53.8 Å². The van der Waals surface area contributed by atoms with Gasteiger partial charge in [0.1, 0.15) is 0 Å². The molecule has 1 fully saturated rings. The van der Waals surface area contributed by atoms with Gasteiger partial charge in [0.2, 0.25) is 0 Å². The molecular weight excluding hydrogens is 386 g/mol. The molecule has 162 valence electrons. The third-order valence-corrected chi connectivity index (χ3v) is 6.06. The van der Waals surface area contributed by atoms with Gasteiger partial charge in [0, 0.05) is 44.1 Å². The number of rotatable bonds is 6. The van der Waals surface area contributed by atoms with E-state index in [1.807, 2.05) is 42.8 Å². The molecule has 31 heavy (non-hydrogen) atoms. The maximum absolute atomic E-state index is 13.1. The number of carbonyl (C=O) groups is 1. The Morgan fingerprint density at radius 3 is 2.39 bits per heavy atom. The number of anilines is 1. The van der Waals surface area contributed by atoms with Crippen molar-refractivity contribution < 1.29 is 4.79 Å². The van der Waals surface area contributed by atoms with Gasteiger partial charge in [0.25, 0.3) is 5.91 Å². The Hall–Kier alpha value is -3.12. The predicted molar refractivity (Wildman–Crippen MR) is 125 cm³/mol. The predicted octanol–water partition coefficient (Wildman–Crippen LogP) is 3.23. The van der Waals surface area contributed by atoms with E-state index in [1.165, 1.54) is 11.3 Å².